The second-order valence-corrected chi connectivity index (χ2v) is 5.95. The Morgan fingerprint density at radius 3 is 1.75 bits per heavy atom. The van der Waals surface area contributed by atoms with E-state index in [0.29, 0.717) is 0 Å². The zero-order valence-corrected chi connectivity index (χ0v) is 13.2. The summed E-state index contributed by atoms with van der Waals surface area (Å²) in [6, 6.07) is 28.9. The van der Waals surface area contributed by atoms with Gasteiger partial charge in [-0.3, -0.25) is 0 Å². The summed E-state index contributed by atoms with van der Waals surface area (Å²) in [5, 5.41) is 2.46. The Labute approximate surface area is 141 Å². The van der Waals surface area contributed by atoms with Crippen LogP contribution in [0.1, 0.15) is 0 Å². The molecule has 0 bridgehead atoms. The molecular weight excluding hydrogens is 292 g/mol. The standard InChI is InChI=1S/C22H18N2/c23-18-10-5-16(6-11-18)21-14-9-15-3-1-2-4-20(15)22(21)17-7-12-19(24)13-8-17/h1-14H,23-24H2. The van der Waals surface area contributed by atoms with Crippen molar-refractivity contribution in [3.8, 4) is 22.3 Å². The number of anilines is 2. The topological polar surface area (TPSA) is 52.0 Å². The highest BCUT2D eigenvalue weighted by Gasteiger charge is 2.11. The Hall–Kier alpha value is -3.26. The number of nitrogens with two attached hydrogens (primary N) is 2. The molecule has 0 saturated heterocycles. The minimum Gasteiger partial charge on any atom is -0.399 e. The van der Waals surface area contributed by atoms with Crippen LogP contribution in [0.5, 0.6) is 0 Å². The molecule has 0 amide bonds. The highest BCUT2D eigenvalue weighted by atomic mass is 14.5. The average Bonchev–Trinajstić information content (AvgIpc) is 2.62. The van der Waals surface area contributed by atoms with Gasteiger partial charge < -0.3 is 11.5 Å². The van der Waals surface area contributed by atoms with Crippen LogP contribution < -0.4 is 11.5 Å². The smallest absolute Gasteiger partial charge is 0.0314 e. The van der Waals surface area contributed by atoms with Crippen molar-refractivity contribution in [3.63, 3.8) is 0 Å². The molecule has 0 heterocycles. The van der Waals surface area contributed by atoms with Crippen LogP contribution in [0, 0.1) is 0 Å². The van der Waals surface area contributed by atoms with Crippen molar-refractivity contribution in [2.24, 2.45) is 0 Å². The van der Waals surface area contributed by atoms with Gasteiger partial charge in [0, 0.05) is 11.4 Å². The molecule has 0 aliphatic heterocycles. The fraction of sp³-hybridized carbons (Fsp3) is 0. The third-order valence-corrected chi connectivity index (χ3v) is 4.35. The van der Waals surface area contributed by atoms with Crippen LogP contribution in [-0.4, -0.2) is 0 Å². The van der Waals surface area contributed by atoms with E-state index in [4.69, 9.17) is 11.5 Å². The molecular formula is C22H18N2. The lowest BCUT2D eigenvalue weighted by atomic mass is 9.89. The van der Waals surface area contributed by atoms with Gasteiger partial charge in [-0.1, -0.05) is 60.7 Å². The van der Waals surface area contributed by atoms with Crippen LogP contribution in [0.2, 0.25) is 0 Å². The van der Waals surface area contributed by atoms with E-state index in [1.807, 2.05) is 24.3 Å². The lowest BCUT2D eigenvalue weighted by molar-refractivity contribution is 1.60. The van der Waals surface area contributed by atoms with Gasteiger partial charge in [-0.15, -0.1) is 0 Å². The molecule has 0 spiro atoms. The van der Waals surface area contributed by atoms with Gasteiger partial charge in [-0.2, -0.15) is 0 Å². The third-order valence-electron chi connectivity index (χ3n) is 4.35. The first-order valence-electron chi connectivity index (χ1n) is 7.96. The summed E-state index contributed by atoms with van der Waals surface area (Å²) in [7, 11) is 0. The van der Waals surface area contributed by atoms with Gasteiger partial charge in [0.05, 0.1) is 0 Å². The number of hydrogen-bond acceptors (Lipinski definition) is 2. The first-order chi connectivity index (χ1) is 11.7. The zero-order valence-electron chi connectivity index (χ0n) is 13.2. The van der Waals surface area contributed by atoms with E-state index in [2.05, 4.69) is 60.7 Å². The molecule has 0 atom stereocenters. The predicted molar refractivity (Wildman–Crippen MR) is 104 cm³/mol. The van der Waals surface area contributed by atoms with Crippen LogP contribution >= 0.6 is 0 Å². The van der Waals surface area contributed by atoms with Crippen molar-refractivity contribution >= 4 is 22.1 Å². The van der Waals surface area contributed by atoms with Crippen LogP contribution in [0.3, 0.4) is 0 Å². The maximum atomic E-state index is 5.87. The third kappa shape index (κ3) is 2.48. The summed E-state index contributed by atoms with van der Waals surface area (Å²) >= 11 is 0. The summed E-state index contributed by atoms with van der Waals surface area (Å²) in [6.45, 7) is 0. The van der Waals surface area contributed by atoms with E-state index in [0.717, 1.165) is 22.5 Å². The monoisotopic (exact) mass is 310 g/mol. The maximum absolute atomic E-state index is 5.87. The summed E-state index contributed by atoms with van der Waals surface area (Å²) in [5.74, 6) is 0. The van der Waals surface area contributed by atoms with Crippen LogP contribution in [0.4, 0.5) is 11.4 Å². The largest absolute Gasteiger partial charge is 0.399 e. The molecule has 4 aromatic carbocycles. The zero-order chi connectivity index (χ0) is 16.5. The van der Waals surface area contributed by atoms with E-state index in [-0.39, 0.29) is 0 Å². The first-order valence-corrected chi connectivity index (χ1v) is 7.96. The van der Waals surface area contributed by atoms with E-state index in [1.165, 1.54) is 21.9 Å². The van der Waals surface area contributed by atoms with Gasteiger partial charge in [0.1, 0.15) is 0 Å². The van der Waals surface area contributed by atoms with Gasteiger partial charge >= 0.3 is 0 Å². The van der Waals surface area contributed by atoms with Crippen molar-refractivity contribution in [2.75, 3.05) is 11.5 Å². The van der Waals surface area contributed by atoms with E-state index in [1.54, 1.807) is 0 Å². The Bertz CT molecular complexity index is 1000. The van der Waals surface area contributed by atoms with Crippen molar-refractivity contribution in [3.05, 3.63) is 84.9 Å². The highest BCUT2D eigenvalue weighted by Crippen LogP contribution is 2.38. The van der Waals surface area contributed by atoms with Gasteiger partial charge in [0.15, 0.2) is 0 Å². The minimum atomic E-state index is 0.771. The van der Waals surface area contributed by atoms with Gasteiger partial charge in [0.2, 0.25) is 0 Å². The van der Waals surface area contributed by atoms with Crippen LogP contribution in [-0.2, 0) is 0 Å². The van der Waals surface area contributed by atoms with Crippen LogP contribution in [0.25, 0.3) is 33.0 Å². The van der Waals surface area contributed by atoms with Crippen molar-refractivity contribution in [2.45, 2.75) is 0 Å². The van der Waals surface area contributed by atoms with Crippen molar-refractivity contribution in [1.82, 2.24) is 0 Å². The average molecular weight is 310 g/mol. The Morgan fingerprint density at radius 1 is 0.500 bits per heavy atom. The fourth-order valence-corrected chi connectivity index (χ4v) is 3.14. The fourth-order valence-electron chi connectivity index (χ4n) is 3.14. The Balaban J connectivity index is 2.04. The van der Waals surface area contributed by atoms with Crippen molar-refractivity contribution in [1.29, 1.82) is 0 Å². The number of hydrogen-bond donors (Lipinski definition) is 2. The second-order valence-electron chi connectivity index (χ2n) is 5.95. The lowest BCUT2D eigenvalue weighted by Gasteiger charge is -2.14. The quantitative estimate of drug-likeness (QED) is 0.491. The molecule has 2 heteroatoms. The van der Waals surface area contributed by atoms with E-state index in [9.17, 15) is 0 Å². The molecule has 4 aromatic rings. The van der Waals surface area contributed by atoms with Gasteiger partial charge in [-0.05, 0) is 57.3 Å². The Morgan fingerprint density at radius 2 is 1.08 bits per heavy atom. The van der Waals surface area contributed by atoms with E-state index >= 15 is 0 Å². The molecule has 24 heavy (non-hydrogen) atoms. The number of fused-ring (bicyclic) bond motifs is 1. The molecule has 0 radical (unpaired) electrons. The van der Waals surface area contributed by atoms with E-state index < -0.39 is 0 Å². The molecule has 4 N–H and O–H groups in total. The first kappa shape index (κ1) is 14.3. The molecule has 0 unspecified atom stereocenters. The Kier molecular flexibility index (Phi) is 3.43. The molecule has 116 valence electrons. The van der Waals surface area contributed by atoms with Gasteiger partial charge in [0.25, 0.3) is 0 Å². The number of rotatable bonds is 2. The maximum Gasteiger partial charge on any atom is 0.0314 e. The predicted octanol–water partition coefficient (Wildman–Crippen LogP) is 5.34. The summed E-state index contributed by atoms with van der Waals surface area (Å²) in [5.41, 5.74) is 18.0. The molecule has 0 aliphatic rings. The van der Waals surface area contributed by atoms with Gasteiger partial charge in [-0.25, -0.2) is 0 Å². The summed E-state index contributed by atoms with van der Waals surface area (Å²) in [6.07, 6.45) is 0. The summed E-state index contributed by atoms with van der Waals surface area (Å²) < 4.78 is 0. The molecule has 0 aromatic heterocycles. The highest BCUT2D eigenvalue weighted by molar-refractivity contribution is 6.04. The molecule has 0 saturated carbocycles. The normalized spacial score (nSPS) is 10.8. The molecule has 4 rings (SSSR count). The second kappa shape index (κ2) is 5.74. The molecule has 0 aliphatic carbocycles. The molecule has 0 fully saturated rings. The number of benzene rings is 4. The minimum absolute atomic E-state index is 0.771. The van der Waals surface area contributed by atoms with Crippen LogP contribution in [0.15, 0.2) is 84.9 Å². The molecule has 2 nitrogen and oxygen atoms in total. The summed E-state index contributed by atoms with van der Waals surface area (Å²) in [4.78, 5) is 0. The van der Waals surface area contributed by atoms with Crippen molar-refractivity contribution < 1.29 is 0 Å². The number of nitrogen functional groups attached to an aromatic ring is 2. The SMILES string of the molecule is Nc1ccc(-c2ccc3ccccc3c2-c2ccc(N)cc2)cc1. The lowest BCUT2D eigenvalue weighted by Crippen LogP contribution is -1.90.